The van der Waals surface area contributed by atoms with Crippen LogP contribution in [0.15, 0.2) is 106 Å². The second-order valence-corrected chi connectivity index (χ2v) is 7.91. The van der Waals surface area contributed by atoms with E-state index in [-0.39, 0.29) is 16.0 Å². The highest BCUT2D eigenvalue weighted by molar-refractivity contribution is 7.96. The van der Waals surface area contributed by atoms with Crippen molar-refractivity contribution in [2.45, 2.75) is 4.90 Å². The fourth-order valence-electron chi connectivity index (χ4n) is 2.64. The lowest BCUT2D eigenvalue weighted by atomic mass is 10.2. The van der Waals surface area contributed by atoms with Gasteiger partial charge >= 0.3 is 0 Å². The van der Waals surface area contributed by atoms with E-state index in [1.165, 1.54) is 36.4 Å². The fourth-order valence-corrected chi connectivity index (χ4v) is 4.08. The van der Waals surface area contributed by atoms with Crippen molar-refractivity contribution in [2.24, 2.45) is 10.7 Å². The minimum atomic E-state index is -4.25. The predicted octanol–water partition coefficient (Wildman–Crippen LogP) is 3.58. The molecule has 0 aliphatic rings. The number of amidine groups is 1. The third-order valence-electron chi connectivity index (χ3n) is 4.06. The lowest BCUT2D eigenvalue weighted by Gasteiger charge is -2.12. The number of hydrogen-bond acceptors (Lipinski definition) is 4. The second kappa shape index (κ2) is 8.53. The van der Waals surface area contributed by atoms with Crippen LogP contribution in [0, 0.1) is 0 Å². The molecule has 0 aliphatic carbocycles. The number of carbonyl (C=O) groups excluding carboxylic acids is 1. The number of aliphatic hydroxyl groups excluding tert-OH is 1. The highest BCUT2D eigenvalue weighted by Gasteiger charge is 2.29. The van der Waals surface area contributed by atoms with Crippen LogP contribution in [0.2, 0.25) is 0 Å². The molecule has 0 saturated heterocycles. The molecule has 146 valence electrons. The second-order valence-electron chi connectivity index (χ2n) is 6.03. The molecular formula is C22H18N2O4S. The van der Waals surface area contributed by atoms with Crippen LogP contribution in [0.1, 0.15) is 15.9 Å². The Morgan fingerprint density at radius 1 is 0.759 bits per heavy atom. The first-order valence-corrected chi connectivity index (χ1v) is 10.1. The Hall–Kier alpha value is -3.71. The van der Waals surface area contributed by atoms with E-state index in [0.717, 1.165) is 0 Å². The summed E-state index contributed by atoms with van der Waals surface area (Å²) in [5.41, 5.74) is 6.42. The van der Waals surface area contributed by atoms with Gasteiger partial charge in [-0.05, 0) is 24.3 Å². The summed E-state index contributed by atoms with van der Waals surface area (Å²) in [7, 11) is -4.25. The number of amides is 1. The molecule has 0 aromatic heterocycles. The molecule has 0 atom stereocenters. The maximum Gasteiger partial charge on any atom is 0.278 e. The number of benzene rings is 3. The van der Waals surface area contributed by atoms with Crippen molar-refractivity contribution < 1.29 is 18.3 Å². The molecule has 1 amide bonds. The smallest absolute Gasteiger partial charge is 0.278 e. The Balaban J connectivity index is 2.19. The van der Waals surface area contributed by atoms with E-state index in [4.69, 9.17) is 5.73 Å². The largest absolute Gasteiger partial charge is 0.506 e. The Bertz CT molecular complexity index is 1170. The Labute approximate surface area is 168 Å². The molecule has 3 aromatic rings. The van der Waals surface area contributed by atoms with E-state index in [9.17, 15) is 18.3 Å². The van der Waals surface area contributed by atoms with E-state index >= 15 is 0 Å². The number of aliphatic imine (C=N–C) groups is 1. The molecule has 3 aromatic carbocycles. The molecule has 0 saturated carbocycles. The van der Waals surface area contributed by atoms with Gasteiger partial charge in [0.2, 0.25) is 9.84 Å². The maximum atomic E-state index is 13.2. The van der Waals surface area contributed by atoms with Crippen molar-refractivity contribution in [3.8, 4) is 0 Å². The van der Waals surface area contributed by atoms with Crippen LogP contribution in [0.5, 0.6) is 0 Å². The van der Waals surface area contributed by atoms with Crippen LogP contribution in [0.4, 0.5) is 0 Å². The standard InChI is InChI=1S/C22H18N2O4S/c23-21(24-22(26)17-12-6-2-7-13-17)20(19(25)16-10-4-1-5-11-16)29(27,28)18-14-8-3-9-15-18/h1-15,25H,(H2,23,24,26)/b20-19+. The van der Waals surface area contributed by atoms with E-state index in [2.05, 4.69) is 4.99 Å². The zero-order valence-electron chi connectivity index (χ0n) is 15.3. The van der Waals surface area contributed by atoms with E-state index in [1.807, 2.05) is 0 Å². The highest BCUT2D eigenvalue weighted by Crippen LogP contribution is 2.26. The van der Waals surface area contributed by atoms with Gasteiger partial charge in [-0.2, -0.15) is 4.99 Å². The van der Waals surface area contributed by atoms with Crippen molar-refractivity contribution in [1.29, 1.82) is 0 Å². The molecule has 29 heavy (non-hydrogen) atoms. The maximum absolute atomic E-state index is 13.2. The molecule has 0 radical (unpaired) electrons. The summed E-state index contributed by atoms with van der Waals surface area (Å²) >= 11 is 0. The Morgan fingerprint density at radius 2 is 1.21 bits per heavy atom. The fraction of sp³-hybridized carbons (Fsp3) is 0. The van der Waals surface area contributed by atoms with Crippen LogP contribution in [-0.2, 0) is 9.84 Å². The zero-order chi connectivity index (χ0) is 20.9. The first-order valence-electron chi connectivity index (χ1n) is 8.64. The molecule has 0 aliphatic heterocycles. The minimum Gasteiger partial charge on any atom is -0.506 e. The number of carbonyl (C=O) groups is 1. The number of rotatable bonds is 5. The third kappa shape index (κ3) is 4.41. The minimum absolute atomic E-state index is 0.0807. The van der Waals surface area contributed by atoms with E-state index in [0.29, 0.717) is 0 Å². The summed E-state index contributed by atoms with van der Waals surface area (Å²) in [6.45, 7) is 0. The molecule has 3 N–H and O–H groups in total. The van der Waals surface area contributed by atoms with Gasteiger partial charge in [-0.3, -0.25) is 4.79 Å². The van der Waals surface area contributed by atoms with Gasteiger partial charge in [0.05, 0.1) is 4.90 Å². The molecule has 3 rings (SSSR count). The molecular weight excluding hydrogens is 388 g/mol. The molecule has 0 unspecified atom stereocenters. The highest BCUT2D eigenvalue weighted by atomic mass is 32.2. The lowest BCUT2D eigenvalue weighted by Crippen LogP contribution is -2.25. The SMILES string of the molecule is NC(=NC(=O)c1ccccc1)/C(=C(\O)c1ccccc1)S(=O)(=O)c1ccccc1. The van der Waals surface area contributed by atoms with Crippen LogP contribution >= 0.6 is 0 Å². The number of sulfone groups is 1. The van der Waals surface area contributed by atoms with Crippen LogP contribution in [0.3, 0.4) is 0 Å². The quantitative estimate of drug-likeness (QED) is 0.382. The summed E-state index contributed by atoms with van der Waals surface area (Å²) < 4.78 is 26.4. The Morgan fingerprint density at radius 3 is 1.72 bits per heavy atom. The van der Waals surface area contributed by atoms with Gasteiger partial charge in [-0.1, -0.05) is 66.7 Å². The zero-order valence-corrected chi connectivity index (χ0v) is 16.1. The van der Waals surface area contributed by atoms with Gasteiger partial charge in [0, 0.05) is 11.1 Å². The van der Waals surface area contributed by atoms with Gasteiger partial charge in [-0.15, -0.1) is 0 Å². The summed E-state index contributed by atoms with van der Waals surface area (Å²) in [5, 5.41) is 10.8. The van der Waals surface area contributed by atoms with Crippen LogP contribution in [-0.4, -0.2) is 25.3 Å². The monoisotopic (exact) mass is 406 g/mol. The third-order valence-corrected chi connectivity index (χ3v) is 5.89. The summed E-state index contributed by atoms with van der Waals surface area (Å²) in [6, 6.07) is 23.7. The van der Waals surface area contributed by atoms with Crippen molar-refractivity contribution in [1.82, 2.24) is 0 Å². The topological polar surface area (TPSA) is 110 Å². The molecule has 0 fully saturated rings. The van der Waals surface area contributed by atoms with Crippen molar-refractivity contribution in [3.63, 3.8) is 0 Å². The number of aliphatic hydroxyl groups is 1. The van der Waals surface area contributed by atoms with Crippen molar-refractivity contribution >= 4 is 27.3 Å². The van der Waals surface area contributed by atoms with Crippen LogP contribution < -0.4 is 5.73 Å². The number of nitrogens with two attached hydrogens (primary N) is 1. The Kier molecular flexibility index (Phi) is 5.90. The summed E-state index contributed by atoms with van der Waals surface area (Å²) in [5.74, 6) is -1.90. The van der Waals surface area contributed by atoms with Gasteiger partial charge in [0.25, 0.3) is 5.91 Å². The molecule has 7 heteroatoms. The molecule has 0 spiro atoms. The molecule has 0 heterocycles. The molecule has 6 nitrogen and oxygen atoms in total. The lowest BCUT2D eigenvalue weighted by molar-refractivity contribution is 0.100. The van der Waals surface area contributed by atoms with Crippen LogP contribution in [0.25, 0.3) is 5.76 Å². The van der Waals surface area contributed by atoms with E-state index < -0.39 is 32.2 Å². The number of hydrogen-bond donors (Lipinski definition) is 2. The summed E-state index contributed by atoms with van der Waals surface area (Å²) in [6.07, 6.45) is 0. The first-order chi connectivity index (χ1) is 13.9. The average molecular weight is 406 g/mol. The van der Waals surface area contributed by atoms with E-state index in [1.54, 1.807) is 54.6 Å². The summed E-state index contributed by atoms with van der Waals surface area (Å²) in [4.78, 5) is 15.5. The van der Waals surface area contributed by atoms with Gasteiger partial charge < -0.3 is 10.8 Å². The normalized spacial score (nSPS) is 12.9. The molecule has 0 bridgehead atoms. The average Bonchev–Trinajstić information content (AvgIpc) is 2.75. The van der Waals surface area contributed by atoms with Gasteiger partial charge in [0.1, 0.15) is 5.76 Å². The van der Waals surface area contributed by atoms with Gasteiger partial charge in [-0.25, -0.2) is 8.42 Å². The van der Waals surface area contributed by atoms with Gasteiger partial charge in [0.15, 0.2) is 10.7 Å². The first kappa shape index (κ1) is 20.0. The van der Waals surface area contributed by atoms with Crippen molar-refractivity contribution in [2.75, 3.05) is 0 Å². The number of nitrogens with zero attached hydrogens (tertiary/aromatic N) is 1. The predicted molar refractivity (Wildman–Crippen MR) is 112 cm³/mol. The van der Waals surface area contributed by atoms with Crippen molar-refractivity contribution in [3.05, 3.63) is 107 Å².